The number of carbonyl (C=O) groups excluding carboxylic acids is 1. The summed E-state index contributed by atoms with van der Waals surface area (Å²) in [5.74, 6) is -6.66. The molecule has 184 valence electrons. The van der Waals surface area contributed by atoms with Gasteiger partial charge in [-0.3, -0.25) is 4.79 Å². The van der Waals surface area contributed by atoms with Crippen molar-refractivity contribution in [2.75, 3.05) is 47.6 Å². The van der Waals surface area contributed by atoms with E-state index < -0.39 is 18.3 Å². The second-order valence-electron chi connectivity index (χ2n) is 7.72. The van der Waals surface area contributed by atoms with Gasteiger partial charge in [-0.05, 0) is 42.5 Å². The first-order valence-electron chi connectivity index (χ1n) is 10.6. The Kier molecular flexibility index (Phi) is 7.01. The van der Waals surface area contributed by atoms with Gasteiger partial charge in [-0.2, -0.15) is 8.78 Å². The Morgan fingerprint density at radius 1 is 1.09 bits per heavy atom. The van der Waals surface area contributed by atoms with Crippen molar-refractivity contribution in [2.45, 2.75) is 12.3 Å². The molecule has 3 aromatic rings. The molecular formula is C23H22F4N6O2. The van der Waals surface area contributed by atoms with Crippen LogP contribution in [0.3, 0.4) is 0 Å². The SMILES string of the molecule is Nc1cc(-c2ccnc(Nc3ccc(N4CCOCC4)cc3)n2)ccc1NC(=O)C(F)(F)C(F)F. The first-order valence-corrected chi connectivity index (χ1v) is 10.6. The molecule has 4 rings (SSSR count). The van der Waals surface area contributed by atoms with Crippen LogP contribution in [0.5, 0.6) is 0 Å². The summed E-state index contributed by atoms with van der Waals surface area (Å²) < 4.78 is 56.5. The number of nitrogen functional groups attached to an aromatic ring is 1. The third-order valence-corrected chi connectivity index (χ3v) is 5.33. The number of aromatic nitrogens is 2. The number of nitrogens with zero attached hydrogens (tertiary/aromatic N) is 3. The van der Waals surface area contributed by atoms with Gasteiger partial charge in [0.05, 0.1) is 30.3 Å². The minimum atomic E-state index is -4.83. The maximum absolute atomic E-state index is 13.2. The molecule has 1 aliphatic rings. The Morgan fingerprint density at radius 2 is 1.80 bits per heavy atom. The van der Waals surface area contributed by atoms with Gasteiger partial charge in [0, 0.05) is 36.2 Å². The van der Waals surface area contributed by atoms with E-state index in [0.717, 1.165) is 24.5 Å². The molecule has 4 N–H and O–H groups in total. The van der Waals surface area contributed by atoms with Gasteiger partial charge in [-0.1, -0.05) is 6.07 Å². The van der Waals surface area contributed by atoms with E-state index in [2.05, 4.69) is 20.2 Å². The lowest BCUT2D eigenvalue weighted by Gasteiger charge is -2.28. The first-order chi connectivity index (χ1) is 16.7. The maximum Gasteiger partial charge on any atom is 0.383 e. The summed E-state index contributed by atoms with van der Waals surface area (Å²) >= 11 is 0. The third kappa shape index (κ3) is 5.60. The minimum Gasteiger partial charge on any atom is -0.397 e. The lowest BCUT2D eigenvalue weighted by molar-refractivity contribution is -0.163. The van der Waals surface area contributed by atoms with Gasteiger partial charge in [-0.25, -0.2) is 18.7 Å². The number of alkyl halides is 4. The molecule has 0 atom stereocenters. The van der Waals surface area contributed by atoms with Crippen LogP contribution in [-0.4, -0.2) is 54.5 Å². The molecule has 2 heterocycles. The van der Waals surface area contributed by atoms with Crippen molar-refractivity contribution in [1.29, 1.82) is 0 Å². The van der Waals surface area contributed by atoms with Crippen LogP contribution in [0.2, 0.25) is 0 Å². The van der Waals surface area contributed by atoms with Crippen LogP contribution in [0, 0.1) is 0 Å². The van der Waals surface area contributed by atoms with Gasteiger partial charge in [0.1, 0.15) is 0 Å². The summed E-state index contributed by atoms with van der Waals surface area (Å²) in [5, 5.41) is 4.85. The average molecular weight is 490 g/mol. The Labute approximate surface area is 198 Å². The molecule has 0 spiro atoms. The Bertz CT molecular complexity index is 1190. The molecule has 1 aromatic heterocycles. The molecule has 35 heavy (non-hydrogen) atoms. The van der Waals surface area contributed by atoms with Crippen molar-refractivity contribution in [3.05, 3.63) is 54.7 Å². The normalized spacial score (nSPS) is 14.1. The predicted molar refractivity (Wildman–Crippen MR) is 124 cm³/mol. The lowest BCUT2D eigenvalue weighted by Crippen LogP contribution is -2.41. The molecule has 0 radical (unpaired) electrons. The van der Waals surface area contributed by atoms with Crippen molar-refractivity contribution < 1.29 is 27.1 Å². The number of nitrogens with two attached hydrogens (primary N) is 1. The quantitative estimate of drug-likeness (QED) is 0.338. The highest BCUT2D eigenvalue weighted by molar-refractivity contribution is 5.99. The number of rotatable bonds is 7. The largest absolute Gasteiger partial charge is 0.397 e. The van der Waals surface area contributed by atoms with Gasteiger partial charge in [0.15, 0.2) is 0 Å². The monoisotopic (exact) mass is 490 g/mol. The summed E-state index contributed by atoms with van der Waals surface area (Å²) in [6, 6.07) is 13.5. The molecule has 1 saturated heterocycles. The van der Waals surface area contributed by atoms with Crippen molar-refractivity contribution in [2.24, 2.45) is 0 Å². The fourth-order valence-electron chi connectivity index (χ4n) is 3.43. The zero-order valence-electron chi connectivity index (χ0n) is 18.3. The maximum atomic E-state index is 13.2. The molecular weight excluding hydrogens is 468 g/mol. The van der Waals surface area contributed by atoms with Crippen LogP contribution in [0.15, 0.2) is 54.7 Å². The smallest absolute Gasteiger partial charge is 0.383 e. The van der Waals surface area contributed by atoms with Crippen molar-refractivity contribution in [3.63, 3.8) is 0 Å². The van der Waals surface area contributed by atoms with Crippen LogP contribution in [0.25, 0.3) is 11.3 Å². The average Bonchev–Trinajstić information content (AvgIpc) is 2.86. The number of halogens is 4. The summed E-state index contributed by atoms with van der Waals surface area (Å²) in [4.78, 5) is 22.3. The fourth-order valence-corrected chi connectivity index (χ4v) is 3.43. The summed E-state index contributed by atoms with van der Waals surface area (Å²) in [5.41, 5.74) is 8.38. The van der Waals surface area contributed by atoms with Crippen molar-refractivity contribution >= 4 is 34.6 Å². The van der Waals surface area contributed by atoms with Crippen LogP contribution < -0.4 is 21.3 Å². The highest BCUT2D eigenvalue weighted by Gasteiger charge is 2.49. The van der Waals surface area contributed by atoms with Gasteiger partial charge in [0.25, 0.3) is 0 Å². The molecule has 2 aromatic carbocycles. The molecule has 0 saturated carbocycles. The number of carbonyl (C=O) groups is 1. The molecule has 0 unspecified atom stereocenters. The van der Waals surface area contributed by atoms with Crippen molar-refractivity contribution in [3.8, 4) is 11.3 Å². The van der Waals surface area contributed by atoms with Gasteiger partial charge < -0.3 is 26.0 Å². The predicted octanol–water partition coefficient (Wildman–Crippen LogP) is 4.14. The van der Waals surface area contributed by atoms with Crippen LogP contribution in [0.4, 0.5) is 46.3 Å². The summed E-state index contributed by atoms with van der Waals surface area (Å²) in [6.45, 7) is 3.05. The van der Waals surface area contributed by atoms with Crippen molar-refractivity contribution in [1.82, 2.24) is 9.97 Å². The first kappa shape index (κ1) is 24.2. The third-order valence-electron chi connectivity index (χ3n) is 5.33. The number of hydrogen-bond acceptors (Lipinski definition) is 7. The van der Waals surface area contributed by atoms with Gasteiger partial charge in [0.2, 0.25) is 5.95 Å². The number of amides is 1. The van der Waals surface area contributed by atoms with E-state index in [1.807, 2.05) is 24.3 Å². The molecule has 8 nitrogen and oxygen atoms in total. The zero-order valence-corrected chi connectivity index (χ0v) is 18.3. The Hall–Kier alpha value is -3.93. The summed E-state index contributed by atoms with van der Waals surface area (Å²) in [6.07, 6.45) is -2.60. The van der Waals surface area contributed by atoms with E-state index in [9.17, 15) is 22.4 Å². The fraction of sp³-hybridized carbons (Fsp3) is 0.261. The molecule has 1 aliphatic heterocycles. The Morgan fingerprint density at radius 3 is 2.46 bits per heavy atom. The number of morpholine rings is 1. The standard InChI is InChI=1S/C23H22F4N6O2/c24-20(25)23(26,27)21(34)31-19-6-1-14(13-17(19)28)18-7-8-29-22(32-18)30-15-2-4-16(5-3-15)33-9-11-35-12-10-33/h1-8,13,20H,9-12,28H2,(H,31,34)(H,29,30,32). The highest BCUT2D eigenvalue weighted by Crippen LogP contribution is 2.30. The summed E-state index contributed by atoms with van der Waals surface area (Å²) in [7, 11) is 0. The van der Waals surface area contributed by atoms with Crippen LogP contribution in [-0.2, 0) is 9.53 Å². The van der Waals surface area contributed by atoms with Gasteiger partial charge in [-0.15, -0.1) is 0 Å². The van der Waals surface area contributed by atoms with E-state index in [1.54, 1.807) is 11.4 Å². The number of hydrogen-bond donors (Lipinski definition) is 3. The molecule has 12 heteroatoms. The molecule has 0 aliphatic carbocycles. The number of anilines is 5. The number of benzene rings is 2. The van der Waals surface area contributed by atoms with E-state index in [-0.39, 0.29) is 11.4 Å². The number of nitrogens with one attached hydrogen (secondary N) is 2. The van der Waals surface area contributed by atoms with E-state index in [0.29, 0.717) is 30.4 Å². The molecule has 1 amide bonds. The number of ether oxygens (including phenoxy) is 1. The minimum absolute atomic E-state index is 0.0901. The second-order valence-corrected chi connectivity index (χ2v) is 7.72. The van der Waals surface area contributed by atoms with E-state index >= 15 is 0 Å². The highest BCUT2D eigenvalue weighted by atomic mass is 19.3. The Balaban J connectivity index is 1.46. The van der Waals surface area contributed by atoms with Gasteiger partial charge >= 0.3 is 18.3 Å². The van der Waals surface area contributed by atoms with E-state index in [1.165, 1.54) is 24.4 Å². The molecule has 1 fully saturated rings. The van der Waals surface area contributed by atoms with Crippen LogP contribution >= 0.6 is 0 Å². The molecule has 0 bridgehead atoms. The van der Waals surface area contributed by atoms with Crippen LogP contribution in [0.1, 0.15) is 0 Å². The topological polar surface area (TPSA) is 105 Å². The van der Waals surface area contributed by atoms with E-state index in [4.69, 9.17) is 10.5 Å². The lowest BCUT2D eigenvalue weighted by atomic mass is 10.1. The zero-order chi connectivity index (χ0) is 25.0. The second kappa shape index (κ2) is 10.1.